The number of carboxylic acids is 1. The number of benzene rings is 2. The number of thiazole rings is 1. The predicted octanol–water partition coefficient (Wildman–Crippen LogP) is 7.80. The first-order chi connectivity index (χ1) is 20.1. The monoisotopic (exact) mass is 601 g/mol. The lowest BCUT2D eigenvalue weighted by atomic mass is 9.56. The van der Waals surface area contributed by atoms with E-state index in [0.29, 0.717) is 27.9 Å². The van der Waals surface area contributed by atoms with E-state index in [2.05, 4.69) is 19.8 Å². The van der Waals surface area contributed by atoms with Crippen molar-refractivity contribution in [3.05, 3.63) is 59.1 Å². The molecule has 2 saturated carbocycles. The fourth-order valence-electron chi connectivity index (χ4n) is 6.69. The summed E-state index contributed by atoms with van der Waals surface area (Å²) in [6.45, 7) is 1.54. The summed E-state index contributed by atoms with van der Waals surface area (Å²) in [5, 5.41) is 14.2. The number of aromatic nitrogens is 2. The van der Waals surface area contributed by atoms with E-state index < -0.39 is 18.1 Å². The number of hydrogen-bond donors (Lipinski definition) is 1. The Kier molecular flexibility index (Phi) is 6.45. The highest BCUT2D eigenvalue weighted by Gasteiger charge is 2.47. The summed E-state index contributed by atoms with van der Waals surface area (Å²) in [4.78, 5) is 17.9. The highest BCUT2D eigenvalue weighted by molar-refractivity contribution is 7.22. The molecule has 3 fully saturated rings. The van der Waals surface area contributed by atoms with E-state index in [1.54, 1.807) is 12.1 Å². The van der Waals surface area contributed by atoms with Gasteiger partial charge < -0.3 is 19.3 Å². The maximum absolute atomic E-state index is 14.5. The second kappa shape index (κ2) is 9.96. The smallest absolute Gasteiger partial charge is 0.478 e. The number of para-hydroxylation sites is 1. The fraction of sp³-hybridized carbons (Fsp3) is 0.433. The summed E-state index contributed by atoms with van der Waals surface area (Å²) in [5.74, 6) is -0.668. The van der Waals surface area contributed by atoms with Gasteiger partial charge in [-0.1, -0.05) is 28.6 Å². The van der Waals surface area contributed by atoms with Crippen LogP contribution in [-0.2, 0) is 6.42 Å². The van der Waals surface area contributed by atoms with E-state index in [9.17, 15) is 27.5 Å². The molecule has 0 radical (unpaired) electrons. The van der Waals surface area contributed by atoms with Gasteiger partial charge in [0.2, 0.25) is 0 Å². The Morgan fingerprint density at radius 3 is 2.60 bits per heavy atom. The average Bonchev–Trinajstić information content (AvgIpc) is 3.53. The molecule has 4 aromatic rings. The normalized spacial score (nSPS) is 18.9. The SMILES string of the molecule is O=C(O)c1cc(F)c2nc(N3CCC4(CC3)CC(Cc3c(-c5ccccc5OC(F)(F)F)noc3C3CC3)C4)sc2c1. The zero-order valence-electron chi connectivity index (χ0n) is 22.4. The molecule has 220 valence electrons. The Labute approximate surface area is 242 Å². The number of halogens is 4. The maximum Gasteiger partial charge on any atom is 0.573 e. The van der Waals surface area contributed by atoms with E-state index in [1.165, 1.54) is 29.5 Å². The molecule has 1 N–H and O–H groups in total. The maximum atomic E-state index is 14.5. The van der Waals surface area contributed by atoms with E-state index in [4.69, 9.17) is 4.52 Å². The number of fused-ring (bicyclic) bond motifs is 1. The minimum absolute atomic E-state index is 0.0921. The van der Waals surface area contributed by atoms with Crippen LogP contribution in [-0.4, -0.2) is 40.7 Å². The Balaban J connectivity index is 1.04. The standard InChI is InChI=1S/C30H27F4N3O4S/c31-21-12-18(27(38)39)13-23-25(21)35-28(42-23)37-9-7-29(8-10-37)14-16(15-29)11-20-24(36-41-26(20)17-5-6-17)19-3-1-2-4-22(19)40-30(32,33)34/h1-4,12-13,16-17H,5-11,14-15H2,(H,38,39). The molecule has 2 aromatic carbocycles. The van der Waals surface area contributed by atoms with Gasteiger partial charge >= 0.3 is 12.3 Å². The fourth-order valence-corrected chi connectivity index (χ4v) is 7.76. The number of aromatic carboxylic acids is 1. The van der Waals surface area contributed by atoms with Crippen LogP contribution in [0.15, 0.2) is 40.9 Å². The zero-order valence-corrected chi connectivity index (χ0v) is 23.2. The summed E-state index contributed by atoms with van der Waals surface area (Å²) < 4.78 is 64.3. The third-order valence-electron chi connectivity index (χ3n) is 8.85. The van der Waals surface area contributed by atoms with E-state index in [1.807, 2.05) is 0 Å². The van der Waals surface area contributed by atoms with Gasteiger partial charge in [-0.05, 0) is 80.5 Å². The average molecular weight is 602 g/mol. The zero-order chi connectivity index (χ0) is 29.2. The van der Waals surface area contributed by atoms with Gasteiger partial charge in [-0.15, -0.1) is 13.2 Å². The molecule has 1 aliphatic heterocycles. The Morgan fingerprint density at radius 1 is 1.17 bits per heavy atom. The van der Waals surface area contributed by atoms with Crippen molar-refractivity contribution in [2.24, 2.45) is 11.3 Å². The molecule has 0 atom stereocenters. The minimum Gasteiger partial charge on any atom is -0.478 e. The lowest BCUT2D eigenvalue weighted by Gasteiger charge is -2.52. The molecular weight excluding hydrogens is 574 g/mol. The molecule has 12 heteroatoms. The topological polar surface area (TPSA) is 88.7 Å². The van der Waals surface area contributed by atoms with Gasteiger partial charge in [-0.3, -0.25) is 0 Å². The molecule has 7 nitrogen and oxygen atoms in total. The van der Waals surface area contributed by atoms with E-state index in [0.717, 1.165) is 69.0 Å². The third-order valence-corrected chi connectivity index (χ3v) is 9.91. The number of rotatable bonds is 7. The molecule has 0 bridgehead atoms. The molecule has 7 rings (SSSR count). The minimum atomic E-state index is -4.81. The summed E-state index contributed by atoms with van der Waals surface area (Å²) in [5.41, 5.74) is 1.90. The molecule has 3 heterocycles. The number of ether oxygens (including phenoxy) is 1. The van der Waals surface area contributed by atoms with Crippen LogP contribution < -0.4 is 9.64 Å². The van der Waals surface area contributed by atoms with Crippen molar-refractivity contribution in [1.29, 1.82) is 0 Å². The molecule has 1 spiro atoms. The second-order valence-electron chi connectivity index (χ2n) is 11.8. The van der Waals surface area contributed by atoms with Crippen LogP contribution in [0.25, 0.3) is 21.5 Å². The number of anilines is 1. The van der Waals surface area contributed by atoms with Crippen LogP contribution in [0.4, 0.5) is 22.7 Å². The van der Waals surface area contributed by atoms with Crippen molar-refractivity contribution >= 4 is 32.7 Å². The molecular formula is C30H27F4N3O4S. The van der Waals surface area contributed by atoms with Gasteiger partial charge in [0.1, 0.15) is 22.7 Å². The quantitative estimate of drug-likeness (QED) is 0.216. The highest BCUT2D eigenvalue weighted by atomic mass is 32.1. The van der Waals surface area contributed by atoms with Crippen molar-refractivity contribution in [3.63, 3.8) is 0 Å². The highest BCUT2D eigenvalue weighted by Crippen LogP contribution is 2.55. The van der Waals surface area contributed by atoms with E-state index in [-0.39, 0.29) is 33.7 Å². The molecule has 2 aliphatic carbocycles. The molecule has 1 saturated heterocycles. The largest absolute Gasteiger partial charge is 0.573 e. The molecule has 0 unspecified atom stereocenters. The number of hydrogen-bond acceptors (Lipinski definition) is 7. The van der Waals surface area contributed by atoms with Crippen molar-refractivity contribution in [3.8, 4) is 17.0 Å². The van der Waals surface area contributed by atoms with Crippen LogP contribution in [0.3, 0.4) is 0 Å². The molecule has 2 aromatic heterocycles. The number of piperidine rings is 1. The summed E-state index contributed by atoms with van der Waals surface area (Å²) in [6.07, 6.45) is 1.78. The van der Waals surface area contributed by atoms with Crippen LogP contribution in [0.1, 0.15) is 66.1 Å². The lowest BCUT2D eigenvalue weighted by Crippen LogP contribution is -2.47. The van der Waals surface area contributed by atoms with Crippen molar-refractivity contribution in [2.75, 3.05) is 18.0 Å². The van der Waals surface area contributed by atoms with Crippen LogP contribution in [0, 0.1) is 17.2 Å². The lowest BCUT2D eigenvalue weighted by molar-refractivity contribution is -0.274. The van der Waals surface area contributed by atoms with E-state index >= 15 is 0 Å². The number of nitrogens with zero attached hydrogens (tertiary/aromatic N) is 3. The van der Waals surface area contributed by atoms with Crippen LogP contribution in [0.5, 0.6) is 5.75 Å². The third kappa shape index (κ3) is 5.10. The first-order valence-corrected chi connectivity index (χ1v) is 14.8. The molecule has 0 amide bonds. The number of carboxylic acid groups (broad SMARTS) is 1. The van der Waals surface area contributed by atoms with Gasteiger partial charge in [0.25, 0.3) is 0 Å². The Hall–Kier alpha value is -3.67. The number of carbonyl (C=O) groups is 1. The van der Waals surface area contributed by atoms with Crippen LogP contribution in [0.2, 0.25) is 0 Å². The first-order valence-electron chi connectivity index (χ1n) is 14.0. The van der Waals surface area contributed by atoms with Gasteiger partial charge in [0, 0.05) is 30.1 Å². The first kappa shape index (κ1) is 27.2. The summed E-state index contributed by atoms with van der Waals surface area (Å²) in [7, 11) is 0. The Bertz CT molecular complexity index is 1660. The van der Waals surface area contributed by atoms with Crippen molar-refractivity contribution in [1.82, 2.24) is 10.1 Å². The van der Waals surface area contributed by atoms with Crippen molar-refractivity contribution < 1.29 is 36.7 Å². The van der Waals surface area contributed by atoms with Gasteiger partial charge in [-0.25, -0.2) is 14.2 Å². The molecule has 42 heavy (non-hydrogen) atoms. The number of alkyl halides is 3. The van der Waals surface area contributed by atoms with Gasteiger partial charge in [-0.2, -0.15) is 0 Å². The second-order valence-corrected chi connectivity index (χ2v) is 12.8. The molecule has 3 aliphatic rings. The van der Waals surface area contributed by atoms with Crippen molar-refractivity contribution in [2.45, 2.75) is 57.2 Å². The summed E-state index contributed by atoms with van der Waals surface area (Å²) in [6, 6.07) is 8.54. The van der Waals surface area contributed by atoms with Gasteiger partial charge in [0.05, 0.1) is 10.3 Å². The summed E-state index contributed by atoms with van der Waals surface area (Å²) >= 11 is 1.31. The Morgan fingerprint density at radius 2 is 1.90 bits per heavy atom. The van der Waals surface area contributed by atoms with Gasteiger partial charge in [0.15, 0.2) is 10.9 Å². The predicted molar refractivity (Wildman–Crippen MR) is 147 cm³/mol. The van der Waals surface area contributed by atoms with Crippen LogP contribution >= 0.6 is 11.3 Å².